The maximum Gasteiger partial charge on any atom is 0.250 e. The molecule has 0 aliphatic rings. The monoisotopic (exact) mass is 404 g/mol. The van der Waals surface area contributed by atoms with E-state index in [9.17, 15) is 4.79 Å². The molecular formula is C18H17ClN4O3S. The molecule has 0 unspecified atom stereocenters. The fourth-order valence-electron chi connectivity index (χ4n) is 2.34. The predicted molar refractivity (Wildman–Crippen MR) is 107 cm³/mol. The van der Waals surface area contributed by atoms with Crippen LogP contribution in [0.25, 0.3) is 11.0 Å². The summed E-state index contributed by atoms with van der Waals surface area (Å²) >= 11 is 7.56. The van der Waals surface area contributed by atoms with Gasteiger partial charge < -0.3 is 14.5 Å². The number of halogens is 1. The van der Waals surface area contributed by atoms with Crippen molar-refractivity contribution in [2.24, 2.45) is 5.10 Å². The molecular weight excluding hydrogens is 388 g/mol. The summed E-state index contributed by atoms with van der Waals surface area (Å²) in [6, 6.07) is 11.1. The summed E-state index contributed by atoms with van der Waals surface area (Å²) in [5, 5.41) is 4.97. The Kier molecular flexibility index (Phi) is 6.20. The third-order valence-electron chi connectivity index (χ3n) is 3.62. The lowest BCUT2D eigenvalue weighted by Crippen LogP contribution is -2.19. The van der Waals surface area contributed by atoms with E-state index < -0.39 is 0 Å². The van der Waals surface area contributed by atoms with Crippen LogP contribution in [0.3, 0.4) is 0 Å². The number of methoxy groups -OCH3 is 2. The topological polar surface area (TPSA) is 88.6 Å². The van der Waals surface area contributed by atoms with Crippen LogP contribution in [0.5, 0.6) is 11.5 Å². The van der Waals surface area contributed by atoms with Gasteiger partial charge in [-0.2, -0.15) is 5.10 Å². The molecule has 1 heterocycles. The number of amides is 1. The number of aromatic amines is 1. The highest BCUT2D eigenvalue weighted by molar-refractivity contribution is 7.99. The minimum absolute atomic E-state index is 0.177. The zero-order valence-corrected chi connectivity index (χ0v) is 16.2. The zero-order chi connectivity index (χ0) is 19.2. The van der Waals surface area contributed by atoms with Gasteiger partial charge in [0.05, 0.1) is 42.2 Å². The van der Waals surface area contributed by atoms with E-state index in [2.05, 4.69) is 20.5 Å². The molecule has 0 saturated carbocycles. The number of benzene rings is 2. The maximum absolute atomic E-state index is 12.0. The molecule has 1 aromatic heterocycles. The van der Waals surface area contributed by atoms with Crippen molar-refractivity contribution in [3.8, 4) is 11.5 Å². The molecule has 2 aromatic carbocycles. The van der Waals surface area contributed by atoms with E-state index in [1.807, 2.05) is 24.3 Å². The normalized spacial score (nSPS) is 11.1. The molecule has 0 atom stereocenters. The number of H-pyrrole nitrogens is 1. The van der Waals surface area contributed by atoms with Gasteiger partial charge in [0, 0.05) is 5.56 Å². The second-order valence-corrected chi connectivity index (χ2v) is 6.69. The van der Waals surface area contributed by atoms with Crippen LogP contribution < -0.4 is 14.9 Å². The quantitative estimate of drug-likeness (QED) is 0.357. The van der Waals surface area contributed by atoms with E-state index in [0.717, 1.165) is 11.0 Å². The number of fused-ring (bicyclic) bond motifs is 1. The van der Waals surface area contributed by atoms with Crippen LogP contribution in [0.15, 0.2) is 46.7 Å². The molecule has 140 valence electrons. The van der Waals surface area contributed by atoms with Crippen molar-refractivity contribution in [2.45, 2.75) is 5.16 Å². The lowest BCUT2D eigenvalue weighted by Gasteiger charge is -2.10. The van der Waals surface area contributed by atoms with Crippen molar-refractivity contribution in [3.63, 3.8) is 0 Å². The Bertz CT molecular complexity index is 957. The Morgan fingerprint density at radius 3 is 2.85 bits per heavy atom. The Hall–Kier alpha value is -2.71. The van der Waals surface area contributed by atoms with E-state index in [1.165, 1.54) is 32.2 Å². The van der Waals surface area contributed by atoms with Crippen molar-refractivity contribution in [2.75, 3.05) is 20.0 Å². The number of aromatic nitrogens is 2. The summed E-state index contributed by atoms with van der Waals surface area (Å²) in [5.41, 5.74) is 4.86. The Morgan fingerprint density at radius 1 is 1.30 bits per heavy atom. The number of hydrogen-bond donors (Lipinski definition) is 2. The molecule has 0 aliphatic heterocycles. The number of carbonyl (C=O) groups is 1. The molecule has 2 N–H and O–H groups in total. The maximum atomic E-state index is 12.0. The van der Waals surface area contributed by atoms with E-state index in [-0.39, 0.29) is 11.7 Å². The van der Waals surface area contributed by atoms with Gasteiger partial charge in [0.2, 0.25) is 0 Å². The standard InChI is InChI=1S/C18H17ClN4O3S/c1-25-14-8-7-11(16(19)17(14)26-2)9-20-23-15(24)10-27-18-21-12-5-3-4-6-13(12)22-18/h3-9H,10H2,1-2H3,(H,21,22)(H,23,24)/b20-9-. The van der Waals surface area contributed by atoms with Crippen LogP contribution in [0.4, 0.5) is 0 Å². The molecule has 0 spiro atoms. The first-order valence-corrected chi connectivity index (χ1v) is 9.28. The van der Waals surface area contributed by atoms with Gasteiger partial charge >= 0.3 is 0 Å². The summed E-state index contributed by atoms with van der Waals surface area (Å²) in [6.45, 7) is 0. The highest BCUT2D eigenvalue weighted by Crippen LogP contribution is 2.36. The van der Waals surface area contributed by atoms with Gasteiger partial charge in [-0.25, -0.2) is 10.4 Å². The average Bonchev–Trinajstić information content (AvgIpc) is 3.10. The van der Waals surface area contributed by atoms with E-state index in [4.69, 9.17) is 21.1 Å². The first kappa shape index (κ1) is 19.1. The van der Waals surface area contributed by atoms with Crippen LogP contribution >= 0.6 is 23.4 Å². The third kappa shape index (κ3) is 4.53. The molecule has 1 amide bonds. The van der Waals surface area contributed by atoms with Crippen LogP contribution in [0.2, 0.25) is 5.02 Å². The van der Waals surface area contributed by atoms with Crippen LogP contribution in [-0.2, 0) is 4.79 Å². The molecule has 3 aromatic rings. The number of thioether (sulfide) groups is 1. The van der Waals surface area contributed by atoms with E-state index in [0.29, 0.717) is 27.2 Å². The number of para-hydroxylation sites is 2. The van der Waals surface area contributed by atoms with Crippen LogP contribution in [0.1, 0.15) is 5.56 Å². The van der Waals surface area contributed by atoms with Crippen molar-refractivity contribution in [1.82, 2.24) is 15.4 Å². The molecule has 0 fully saturated rings. The Balaban J connectivity index is 1.57. The lowest BCUT2D eigenvalue weighted by molar-refractivity contribution is -0.118. The predicted octanol–water partition coefficient (Wildman–Crippen LogP) is 3.48. The minimum Gasteiger partial charge on any atom is -0.493 e. The lowest BCUT2D eigenvalue weighted by atomic mass is 10.2. The second-order valence-electron chi connectivity index (χ2n) is 5.35. The van der Waals surface area contributed by atoms with Gasteiger partial charge in [0.1, 0.15) is 0 Å². The van der Waals surface area contributed by atoms with Crippen molar-refractivity contribution < 1.29 is 14.3 Å². The number of nitrogens with zero attached hydrogens (tertiary/aromatic N) is 2. The van der Waals surface area contributed by atoms with Crippen molar-refractivity contribution >= 4 is 46.5 Å². The molecule has 9 heteroatoms. The fraction of sp³-hybridized carbons (Fsp3) is 0.167. The smallest absolute Gasteiger partial charge is 0.250 e. The number of hydrazone groups is 1. The van der Waals surface area contributed by atoms with E-state index >= 15 is 0 Å². The minimum atomic E-state index is -0.256. The molecule has 27 heavy (non-hydrogen) atoms. The van der Waals surface area contributed by atoms with Gasteiger partial charge in [-0.15, -0.1) is 0 Å². The first-order valence-electron chi connectivity index (χ1n) is 7.92. The van der Waals surface area contributed by atoms with Gasteiger partial charge in [-0.05, 0) is 24.3 Å². The molecule has 7 nitrogen and oxygen atoms in total. The third-order valence-corrected chi connectivity index (χ3v) is 4.88. The van der Waals surface area contributed by atoms with E-state index in [1.54, 1.807) is 12.1 Å². The second kappa shape index (κ2) is 8.79. The first-order chi connectivity index (χ1) is 13.1. The number of ether oxygens (including phenoxy) is 2. The highest BCUT2D eigenvalue weighted by atomic mass is 35.5. The van der Waals surface area contributed by atoms with Gasteiger partial charge in [0.15, 0.2) is 16.7 Å². The number of rotatable bonds is 7. The number of carbonyl (C=O) groups excluding carboxylic acids is 1. The highest BCUT2D eigenvalue weighted by Gasteiger charge is 2.12. The van der Waals surface area contributed by atoms with Crippen molar-refractivity contribution in [1.29, 1.82) is 0 Å². The molecule has 0 saturated heterocycles. The van der Waals surface area contributed by atoms with Gasteiger partial charge in [-0.3, -0.25) is 4.79 Å². The Morgan fingerprint density at radius 2 is 2.11 bits per heavy atom. The summed E-state index contributed by atoms with van der Waals surface area (Å²) < 4.78 is 10.4. The summed E-state index contributed by atoms with van der Waals surface area (Å²) in [6.07, 6.45) is 1.45. The van der Waals surface area contributed by atoms with Gasteiger partial charge in [-0.1, -0.05) is 35.5 Å². The van der Waals surface area contributed by atoms with Crippen molar-refractivity contribution in [3.05, 3.63) is 47.0 Å². The molecule has 3 rings (SSSR count). The fourth-order valence-corrected chi connectivity index (χ4v) is 3.30. The summed E-state index contributed by atoms with van der Waals surface area (Å²) in [4.78, 5) is 19.5. The Labute approximate surface area is 165 Å². The zero-order valence-electron chi connectivity index (χ0n) is 14.7. The molecule has 0 aliphatic carbocycles. The van der Waals surface area contributed by atoms with Gasteiger partial charge in [0.25, 0.3) is 5.91 Å². The number of hydrogen-bond acceptors (Lipinski definition) is 6. The largest absolute Gasteiger partial charge is 0.493 e. The summed E-state index contributed by atoms with van der Waals surface area (Å²) in [7, 11) is 3.03. The number of nitrogens with one attached hydrogen (secondary N) is 2. The SMILES string of the molecule is COc1ccc(/C=N\NC(=O)CSc2nc3ccccc3[nH]2)c(Cl)c1OC. The molecule has 0 bridgehead atoms. The summed E-state index contributed by atoms with van der Waals surface area (Å²) in [5.74, 6) is 0.853. The number of imidazole rings is 1. The average molecular weight is 405 g/mol. The van der Waals surface area contributed by atoms with Crippen LogP contribution in [0, 0.1) is 0 Å². The molecule has 0 radical (unpaired) electrons. The van der Waals surface area contributed by atoms with Crippen LogP contribution in [-0.4, -0.2) is 42.1 Å².